The summed E-state index contributed by atoms with van der Waals surface area (Å²) in [6.07, 6.45) is 1.22. The van der Waals surface area contributed by atoms with E-state index in [1.54, 1.807) is 32.6 Å². The number of esters is 1. The van der Waals surface area contributed by atoms with Crippen LogP contribution < -0.4 is 0 Å². The smallest absolute Gasteiger partial charge is 0.410 e. The second-order valence-electron chi connectivity index (χ2n) is 6.30. The summed E-state index contributed by atoms with van der Waals surface area (Å²) in [6.45, 7) is 9.26. The lowest BCUT2D eigenvalue weighted by atomic mass is 10.2. The van der Waals surface area contributed by atoms with E-state index >= 15 is 0 Å². The molecule has 144 valence electrons. The van der Waals surface area contributed by atoms with E-state index in [0.717, 1.165) is 0 Å². The number of ether oxygens (including phenoxy) is 3. The van der Waals surface area contributed by atoms with Crippen LogP contribution in [0.4, 0.5) is 4.79 Å². The Morgan fingerprint density at radius 1 is 1.16 bits per heavy atom. The van der Waals surface area contributed by atoms with Crippen LogP contribution in [0.15, 0.2) is 5.11 Å². The largest absolute Gasteiger partial charge is 0.466 e. The fraction of sp³-hybridized carbons (Fsp3) is 0.875. The molecule has 0 aromatic heterocycles. The molecule has 0 aliphatic carbocycles. The molecule has 0 radical (unpaired) electrons. The molecular weight excluding hydrogens is 328 g/mol. The van der Waals surface area contributed by atoms with E-state index in [1.165, 1.54) is 0 Å². The molecular formula is C16H30N4O5. The second kappa shape index (κ2) is 13.3. The highest BCUT2D eigenvalue weighted by Crippen LogP contribution is 2.11. The molecule has 0 aromatic rings. The van der Waals surface area contributed by atoms with Crippen molar-refractivity contribution in [3.05, 3.63) is 10.4 Å². The molecule has 0 aromatic carbocycles. The van der Waals surface area contributed by atoms with E-state index in [1.807, 2.05) is 0 Å². The van der Waals surface area contributed by atoms with Crippen molar-refractivity contribution < 1.29 is 23.8 Å². The quantitative estimate of drug-likeness (QED) is 0.175. The summed E-state index contributed by atoms with van der Waals surface area (Å²) in [7, 11) is 0. The molecule has 0 heterocycles. The normalized spacial score (nSPS) is 10.7. The van der Waals surface area contributed by atoms with Crippen molar-refractivity contribution in [2.75, 3.05) is 39.5 Å². The van der Waals surface area contributed by atoms with Gasteiger partial charge < -0.3 is 19.1 Å². The van der Waals surface area contributed by atoms with E-state index in [2.05, 4.69) is 10.0 Å². The topological polar surface area (TPSA) is 114 Å². The van der Waals surface area contributed by atoms with Crippen molar-refractivity contribution in [3.8, 4) is 0 Å². The van der Waals surface area contributed by atoms with Crippen LogP contribution in [0.2, 0.25) is 0 Å². The molecule has 9 heteroatoms. The summed E-state index contributed by atoms with van der Waals surface area (Å²) in [4.78, 5) is 27.8. The molecule has 0 atom stereocenters. The molecule has 9 nitrogen and oxygen atoms in total. The van der Waals surface area contributed by atoms with Crippen LogP contribution in [-0.4, -0.2) is 62.0 Å². The molecule has 0 aliphatic heterocycles. The first-order valence-corrected chi connectivity index (χ1v) is 8.52. The fourth-order valence-electron chi connectivity index (χ4n) is 1.85. The second-order valence-corrected chi connectivity index (χ2v) is 6.30. The highest BCUT2D eigenvalue weighted by atomic mass is 16.6. The maximum absolute atomic E-state index is 12.2. The molecule has 0 saturated carbocycles. The fourth-order valence-corrected chi connectivity index (χ4v) is 1.85. The molecule has 1 amide bonds. The summed E-state index contributed by atoms with van der Waals surface area (Å²) in [5.41, 5.74) is 7.60. The lowest BCUT2D eigenvalue weighted by molar-refractivity contribution is -0.143. The Bertz CT molecular complexity index is 444. The van der Waals surface area contributed by atoms with Crippen molar-refractivity contribution in [1.29, 1.82) is 0 Å². The lowest BCUT2D eigenvalue weighted by Gasteiger charge is -2.27. The highest BCUT2D eigenvalue weighted by molar-refractivity contribution is 5.69. The summed E-state index contributed by atoms with van der Waals surface area (Å²) >= 11 is 0. The SMILES string of the molecule is CCOC(=O)CCCCN(CCOCCN=[N+]=[N-])C(=O)OC(C)(C)C. The van der Waals surface area contributed by atoms with Gasteiger partial charge in [-0.2, -0.15) is 0 Å². The Morgan fingerprint density at radius 3 is 2.48 bits per heavy atom. The minimum absolute atomic E-state index is 0.229. The molecule has 0 saturated heterocycles. The van der Waals surface area contributed by atoms with Crippen LogP contribution in [0.5, 0.6) is 0 Å². The van der Waals surface area contributed by atoms with Gasteiger partial charge in [-0.05, 0) is 46.1 Å². The maximum Gasteiger partial charge on any atom is 0.410 e. The van der Waals surface area contributed by atoms with Gasteiger partial charge in [0.25, 0.3) is 0 Å². The van der Waals surface area contributed by atoms with Crippen molar-refractivity contribution in [1.82, 2.24) is 4.90 Å². The first-order valence-electron chi connectivity index (χ1n) is 8.52. The number of carbonyl (C=O) groups excluding carboxylic acids is 2. The van der Waals surface area contributed by atoms with Gasteiger partial charge in [-0.25, -0.2) is 4.79 Å². The van der Waals surface area contributed by atoms with Gasteiger partial charge >= 0.3 is 12.1 Å². The highest BCUT2D eigenvalue weighted by Gasteiger charge is 2.21. The van der Waals surface area contributed by atoms with Crippen LogP contribution in [0.3, 0.4) is 0 Å². The number of carbonyl (C=O) groups is 2. The minimum atomic E-state index is -0.581. The predicted octanol–water partition coefficient (Wildman–Crippen LogP) is 3.28. The zero-order valence-corrected chi connectivity index (χ0v) is 15.7. The third-order valence-corrected chi connectivity index (χ3v) is 2.92. The van der Waals surface area contributed by atoms with E-state index in [4.69, 9.17) is 19.7 Å². The standard InChI is InChI=1S/C16H30N4O5/c1-5-24-14(21)8-6-7-10-20(15(22)25-16(2,3)4)11-13-23-12-9-18-19-17/h5-13H2,1-4H3. The van der Waals surface area contributed by atoms with Crippen LogP contribution in [0.1, 0.15) is 47.0 Å². The number of nitrogens with zero attached hydrogens (tertiary/aromatic N) is 4. The Balaban J connectivity index is 4.30. The summed E-state index contributed by atoms with van der Waals surface area (Å²) in [6, 6.07) is 0. The first kappa shape index (κ1) is 23.0. The molecule has 0 rings (SSSR count). The number of unbranched alkanes of at least 4 members (excludes halogenated alkanes) is 1. The first-order chi connectivity index (χ1) is 11.8. The van der Waals surface area contributed by atoms with Gasteiger partial charge in [-0.3, -0.25) is 4.79 Å². The summed E-state index contributed by atoms with van der Waals surface area (Å²) in [5.74, 6) is -0.229. The van der Waals surface area contributed by atoms with Crippen molar-refractivity contribution in [2.24, 2.45) is 5.11 Å². The van der Waals surface area contributed by atoms with Gasteiger partial charge in [0.05, 0.1) is 19.8 Å². The van der Waals surface area contributed by atoms with E-state index in [-0.39, 0.29) is 12.5 Å². The molecule has 0 aliphatic rings. The summed E-state index contributed by atoms with van der Waals surface area (Å²) in [5, 5.41) is 3.37. The molecule has 0 bridgehead atoms. The zero-order chi connectivity index (χ0) is 19.1. The van der Waals surface area contributed by atoms with Gasteiger partial charge in [-0.15, -0.1) is 0 Å². The van der Waals surface area contributed by atoms with Gasteiger partial charge in [0, 0.05) is 31.0 Å². The van der Waals surface area contributed by atoms with Crippen LogP contribution >= 0.6 is 0 Å². The van der Waals surface area contributed by atoms with Crippen molar-refractivity contribution in [2.45, 2.75) is 52.6 Å². The van der Waals surface area contributed by atoms with Crippen LogP contribution in [-0.2, 0) is 19.0 Å². The number of azide groups is 1. The van der Waals surface area contributed by atoms with E-state index < -0.39 is 11.7 Å². The average molecular weight is 358 g/mol. The van der Waals surface area contributed by atoms with E-state index in [9.17, 15) is 9.59 Å². The molecule has 0 spiro atoms. The molecule has 0 unspecified atom stereocenters. The number of hydrogen-bond donors (Lipinski definition) is 0. The van der Waals surface area contributed by atoms with Crippen molar-refractivity contribution >= 4 is 12.1 Å². The number of rotatable bonds is 12. The van der Waals surface area contributed by atoms with Gasteiger partial charge in [0.15, 0.2) is 0 Å². The number of amides is 1. The Morgan fingerprint density at radius 2 is 1.88 bits per heavy atom. The van der Waals surface area contributed by atoms with E-state index in [0.29, 0.717) is 52.2 Å². The minimum Gasteiger partial charge on any atom is -0.466 e. The monoisotopic (exact) mass is 358 g/mol. The average Bonchev–Trinajstić information content (AvgIpc) is 2.51. The van der Waals surface area contributed by atoms with Gasteiger partial charge in [0.1, 0.15) is 5.60 Å². The summed E-state index contributed by atoms with van der Waals surface area (Å²) < 4.78 is 15.6. The molecule has 0 N–H and O–H groups in total. The Hall–Kier alpha value is -1.99. The third kappa shape index (κ3) is 14.1. The maximum atomic E-state index is 12.2. The zero-order valence-electron chi connectivity index (χ0n) is 15.7. The third-order valence-electron chi connectivity index (χ3n) is 2.92. The predicted molar refractivity (Wildman–Crippen MR) is 93.1 cm³/mol. The Labute approximate surface area is 149 Å². The molecule has 0 fully saturated rings. The van der Waals surface area contributed by atoms with Crippen LogP contribution in [0, 0.1) is 0 Å². The van der Waals surface area contributed by atoms with Crippen LogP contribution in [0.25, 0.3) is 10.4 Å². The van der Waals surface area contributed by atoms with Crippen molar-refractivity contribution in [3.63, 3.8) is 0 Å². The van der Waals surface area contributed by atoms with Gasteiger partial charge in [-0.1, -0.05) is 5.11 Å². The molecule has 25 heavy (non-hydrogen) atoms. The number of hydrogen-bond acceptors (Lipinski definition) is 6. The Kier molecular flexibility index (Phi) is 12.3. The van der Waals surface area contributed by atoms with Gasteiger partial charge in [0.2, 0.25) is 0 Å². The lowest BCUT2D eigenvalue weighted by Crippen LogP contribution is -2.39.